The molecule has 0 saturated heterocycles. The van der Waals surface area contributed by atoms with Crippen LogP contribution in [0.15, 0.2) is 71.0 Å². The van der Waals surface area contributed by atoms with Gasteiger partial charge in [-0.3, -0.25) is 5.43 Å². The summed E-state index contributed by atoms with van der Waals surface area (Å²) in [4.78, 5) is 24.6. The van der Waals surface area contributed by atoms with Crippen LogP contribution in [0.5, 0.6) is 23.0 Å². The number of benzene rings is 3. The summed E-state index contributed by atoms with van der Waals surface area (Å²) in [5, 5.41) is 20.3. The van der Waals surface area contributed by atoms with Gasteiger partial charge in [-0.25, -0.2) is 9.59 Å². The maximum Gasteiger partial charge on any atom is 0.337 e. The highest BCUT2D eigenvalue weighted by atomic mass is 127. The molecule has 1 aliphatic rings. The van der Waals surface area contributed by atoms with Crippen LogP contribution in [0.2, 0.25) is 5.02 Å². The molecular weight excluding hydrogens is 743 g/mol. The van der Waals surface area contributed by atoms with E-state index in [4.69, 9.17) is 35.3 Å². The van der Waals surface area contributed by atoms with E-state index in [1.165, 1.54) is 13.3 Å². The number of hydrogen-bond donors (Lipinski definition) is 4. The first-order valence-electron chi connectivity index (χ1n) is 14.7. The number of carbonyl (C=O) groups is 2. The molecule has 0 radical (unpaired) electrons. The van der Waals surface area contributed by atoms with Crippen molar-refractivity contribution in [1.29, 1.82) is 0 Å². The number of methoxy groups -OCH3 is 1. The smallest absolute Gasteiger partial charge is 0.337 e. The van der Waals surface area contributed by atoms with E-state index in [0.29, 0.717) is 64.7 Å². The van der Waals surface area contributed by atoms with Crippen molar-refractivity contribution in [1.82, 2.24) is 16.1 Å². The molecule has 3 aromatic rings. The topological polar surface area (TPSA) is 149 Å². The third-order valence-corrected chi connectivity index (χ3v) is 7.74. The first-order valence-corrected chi connectivity index (χ1v) is 16.1. The average Bonchev–Trinajstić information content (AvgIpc) is 3.04. The Balaban J connectivity index is 1.40. The van der Waals surface area contributed by atoms with Gasteiger partial charge < -0.3 is 39.4 Å². The minimum Gasteiger partial charge on any atom is -0.490 e. The zero-order valence-electron chi connectivity index (χ0n) is 26.3. The largest absolute Gasteiger partial charge is 0.490 e. The summed E-state index contributed by atoms with van der Waals surface area (Å²) >= 11 is 8.80. The summed E-state index contributed by atoms with van der Waals surface area (Å²) in [7, 11) is 1.27. The van der Waals surface area contributed by atoms with Gasteiger partial charge in [-0.05, 0) is 96.5 Å². The number of ether oxygens (including phenoxy) is 5. The zero-order chi connectivity index (χ0) is 33.9. The van der Waals surface area contributed by atoms with Gasteiger partial charge in [0.1, 0.15) is 13.2 Å². The number of allylic oxidation sites excluding steroid dienone is 1. The highest BCUT2D eigenvalue weighted by molar-refractivity contribution is 14.1. The predicted molar refractivity (Wildman–Crippen MR) is 185 cm³/mol. The van der Waals surface area contributed by atoms with Gasteiger partial charge in [0.15, 0.2) is 29.2 Å². The number of rotatable bonds is 15. The molecule has 0 saturated carbocycles. The Hall–Kier alpha value is -4.21. The molecule has 0 fully saturated rings. The number of hydrazone groups is 1. The quantitative estimate of drug-likeness (QED) is 0.0521. The summed E-state index contributed by atoms with van der Waals surface area (Å²) in [6.07, 6.45) is 0.307. The molecule has 250 valence electrons. The number of aliphatic hydroxyl groups is 1. The van der Waals surface area contributed by atoms with Crippen LogP contribution in [0.25, 0.3) is 0 Å². The van der Waals surface area contributed by atoms with E-state index in [0.717, 1.165) is 9.13 Å². The number of esters is 1. The van der Waals surface area contributed by atoms with Gasteiger partial charge in [-0.1, -0.05) is 29.8 Å². The summed E-state index contributed by atoms with van der Waals surface area (Å²) in [6.45, 7) is 6.18. The molecule has 2 atom stereocenters. The van der Waals surface area contributed by atoms with Gasteiger partial charge in [-0.15, -0.1) is 0 Å². The fraction of sp³-hybridized carbons (Fsp3) is 0.303. The van der Waals surface area contributed by atoms with Crippen LogP contribution in [0.1, 0.15) is 43.5 Å². The van der Waals surface area contributed by atoms with Crippen molar-refractivity contribution in [3.05, 3.63) is 91.2 Å². The van der Waals surface area contributed by atoms with Crippen LogP contribution in [0.4, 0.5) is 4.79 Å². The van der Waals surface area contributed by atoms with Crippen LogP contribution >= 0.6 is 34.2 Å². The Morgan fingerprint density at radius 1 is 1.04 bits per heavy atom. The first-order chi connectivity index (χ1) is 22.6. The lowest BCUT2D eigenvalue weighted by Crippen LogP contribution is -2.45. The second-order valence-corrected chi connectivity index (χ2v) is 11.7. The summed E-state index contributed by atoms with van der Waals surface area (Å²) in [6, 6.07) is 15.2. The number of hydrogen-bond acceptors (Lipinski definition) is 10. The summed E-state index contributed by atoms with van der Waals surface area (Å²) in [5.41, 5.74) is 5.46. The normalized spacial score (nSPS) is 15.0. The zero-order valence-corrected chi connectivity index (χ0v) is 29.2. The van der Waals surface area contributed by atoms with Crippen LogP contribution in [-0.2, 0) is 16.1 Å². The number of nitrogens with zero attached hydrogens (tertiary/aromatic N) is 1. The Morgan fingerprint density at radius 3 is 2.47 bits per heavy atom. The van der Waals surface area contributed by atoms with Gasteiger partial charge in [0.05, 0.1) is 43.2 Å². The lowest BCUT2D eigenvalue weighted by molar-refractivity contribution is -0.136. The van der Waals surface area contributed by atoms with E-state index >= 15 is 0 Å². The Labute approximate surface area is 291 Å². The molecule has 14 heteroatoms. The van der Waals surface area contributed by atoms with E-state index in [-0.39, 0.29) is 12.2 Å². The Morgan fingerprint density at radius 2 is 1.77 bits per heavy atom. The van der Waals surface area contributed by atoms with Crippen LogP contribution in [0.3, 0.4) is 0 Å². The Bertz CT molecular complexity index is 1630. The molecule has 1 heterocycles. The minimum absolute atomic E-state index is 0.177. The highest BCUT2D eigenvalue weighted by Gasteiger charge is 2.32. The van der Waals surface area contributed by atoms with E-state index in [9.17, 15) is 14.7 Å². The van der Waals surface area contributed by atoms with Crippen molar-refractivity contribution in [3.63, 3.8) is 0 Å². The molecule has 0 aromatic heterocycles. The van der Waals surface area contributed by atoms with Crippen LogP contribution < -0.4 is 35.0 Å². The fourth-order valence-electron chi connectivity index (χ4n) is 4.62. The van der Waals surface area contributed by atoms with Gasteiger partial charge in [0.25, 0.3) is 0 Å². The minimum atomic E-state index is -1.18. The van der Waals surface area contributed by atoms with Crippen molar-refractivity contribution in [3.8, 4) is 23.0 Å². The number of urea groups is 1. The molecule has 1 aliphatic heterocycles. The van der Waals surface area contributed by atoms with Crippen molar-refractivity contribution >= 4 is 52.4 Å². The van der Waals surface area contributed by atoms with Gasteiger partial charge in [-0.2, -0.15) is 5.10 Å². The predicted octanol–water partition coefficient (Wildman–Crippen LogP) is 5.44. The van der Waals surface area contributed by atoms with Gasteiger partial charge in [0, 0.05) is 9.27 Å². The van der Waals surface area contributed by atoms with Crippen molar-refractivity contribution in [2.75, 3.05) is 26.9 Å². The first kappa shape index (κ1) is 35.6. The second-order valence-electron chi connectivity index (χ2n) is 10.1. The van der Waals surface area contributed by atoms with E-state index in [1.807, 2.05) is 38.1 Å². The van der Waals surface area contributed by atoms with E-state index in [1.54, 1.807) is 37.3 Å². The number of halogens is 2. The third-order valence-electron chi connectivity index (χ3n) is 6.74. The monoisotopic (exact) mass is 778 g/mol. The molecule has 12 nitrogen and oxygen atoms in total. The number of amides is 2. The van der Waals surface area contributed by atoms with Gasteiger partial charge in [0.2, 0.25) is 0 Å². The van der Waals surface area contributed by atoms with E-state index in [2.05, 4.69) is 43.8 Å². The molecule has 0 unspecified atom stereocenters. The average molecular weight is 779 g/mol. The maximum atomic E-state index is 12.5. The summed E-state index contributed by atoms with van der Waals surface area (Å²) < 4.78 is 29.4. The molecule has 0 spiro atoms. The van der Waals surface area contributed by atoms with Crippen LogP contribution in [-0.4, -0.2) is 56.5 Å². The van der Waals surface area contributed by atoms with Crippen molar-refractivity contribution in [2.45, 2.75) is 39.6 Å². The lowest BCUT2D eigenvalue weighted by Gasteiger charge is -2.28. The van der Waals surface area contributed by atoms with Crippen LogP contribution in [0, 0.1) is 3.57 Å². The highest BCUT2D eigenvalue weighted by Crippen LogP contribution is 2.37. The molecule has 0 bridgehead atoms. The molecule has 0 aliphatic carbocycles. The second kappa shape index (κ2) is 17.1. The summed E-state index contributed by atoms with van der Waals surface area (Å²) in [5.74, 6) is 1.02. The SMILES string of the molecule is CCOc1cc([C@H]2NC(=O)NC(C)=C2C(=O)OC)ccc1OC[C@H](O)N/N=C\c1cc(Cl)c(OCc2ccc(I)cc2)c(OCC)c1. The number of carbonyl (C=O) groups excluding carboxylic acids is 2. The molecule has 4 N–H and O–H groups in total. The van der Waals surface area contributed by atoms with Crippen molar-refractivity contribution < 1.29 is 38.4 Å². The van der Waals surface area contributed by atoms with Crippen molar-refractivity contribution in [2.24, 2.45) is 5.10 Å². The number of nitrogens with one attached hydrogen (secondary N) is 3. The molecule has 47 heavy (non-hydrogen) atoms. The lowest BCUT2D eigenvalue weighted by atomic mass is 9.95. The maximum absolute atomic E-state index is 12.5. The molecule has 3 aromatic carbocycles. The molecule has 4 rings (SSSR count). The molecule has 2 amide bonds. The standard InChI is InChI=1S/C33H36ClIN4O8/c1-5-44-26-15-22(30-29(32(41)43-4)19(3)37-33(42)38-30)9-12-25(26)46-18-28(40)39-36-16-21-13-24(34)31(27(14-21)45-6-2)47-17-20-7-10-23(35)11-8-20/h7-16,28,30,39-40H,5-6,17-18H2,1-4H3,(H2,37,38,42)/b36-16-/t28-,30+/m0/s1. The Kier molecular flexibility index (Phi) is 13.0. The number of aliphatic hydroxyl groups excluding tert-OH is 1. The van der Waals surface area contributed by atoms with E-state index < -0.39 is 24.3 Å². The fourth-order valence-corrected chi connectivity index (χ4v) is 5.25. The molecular formula is C33H36ClIN4O8. The third kappa shape index (κ3) is 9.65. The van der Waals surface area contributed by atoms with Gasteiger partial charge >= 0.3 is 12.0 Å².